The summed E-state index contributed by atoms with van der Waals surface area (Å²) in [5, 5.41) is 0. The predicted octanol–water partition coefficient (Wildman–Crippen LogP) is 3.98. The van der Waals surface area contributed by atoms with Crippen LogP contribution in [0.2, 0.25) is 0 Å². The van der Waals surface area contributed by atoms with Crippen molar-refractivity contribution in [1.82, 2.24) is 9.88 Å². The van der Waals surface area contributed by atoms with Gasteiger partial charge in [0.05, 0.1) is 5.69 Å². The Kier molecular flexibility index (Phi) is 5.37. The third kappa shape index (κ3) is 4.06. The number of likely N-dealkylation sites (tertiary alicyclic amines) is 1. The molecule has 1 aliphatic rings. The summed E-state index contributed by atoms with van der Waals surface area (Å²) in [6, 6.07) is 4.01. The summed E-state index contributed by atoms with van der Waals surface area (Å²) in [6.07, 6.45) is 5.45. The highest BCUT2D eigenvalue weighted by molar-refractivity contribution is 6.05. The van der Waals surface area contributed by atoms with Gasteiger partial charge in [-0.25, -0.2) is 9.98 Å². The largest absolute Gasteiger partial charge is 0.360 e. The average molecular weight is 286 g/mol. The van der Waals surface area contributed by atoms with E-state index in [0.29, 0.717) is 0 Å². The third-order valence-electron chi connectivity index (χ3n) is 4.09. The van der Waals surface area contributed by atoms with Crippen LogP contribution in [0.3, 0.4) is 0 Å². The van der Waals surface area contributed by atoms with Gasteiger partial charge in [0.25, 0.3) is 0 Å². The normalized spacial score (nSPS) is 18.2. The molecule has 0 amide bonds. The number of hydrogen-bond acceptors (Lipinski definition) is 1. The highest BCUT2D eigenvalue weighted by Gasteiger charge is 2.14. The van der Waals surface area contributed by atoms with Crippen LogP contribution in [0, 0.1) is 0 Å². The molecule has 114 valence electrons. The zero-order chi connectivity index (χ0) is 15.2. The predicted molar refractivity (Wildman–Crippen MR) is 89.9 cm³/mol. The summed E-state index contributed by atoms with van der Waals surface area (Å²) in [4.78, 5) is 15.1. The molecular weight excluding hydrogens is 260 g/mol. The van der Waals surface area contributed by atoms with Gasteiger partial charge in [-0.15, -0.1) is 0 Å². The van der Waals surface area contributed by atoms with Gasteiger partial charge in [0.15, 0.2) is 5.84 Å². The minimum absolute atomic E-state index is 0.773. The molecule has 0 saturated carbocycles. The maximum Gasteiger partial charge on any atom is 0.177 e. The van der Waals surface area contributed by atoms with E-state index in [1.165, 1.54) is 18.4 Å². The van der Waals surface area contributed by atoms with Crippen molar-refractivity contribution in [2.24, 2.45) is 9.98 Å². The lowest BCUT2D eigenvalue weighted by Gasteiger charge is -2.16. The molecule has 0 atom stereocenters. The zero-order valence-corrected chi connectivity index (χ0v) is 13.6. The number of aromatic nitrogens is 1. The molecular formula is C17H26N4. The second-order valence-corrected chi connectivity index (χ2v) is 5.59. The van der Waals surface area contributed by atoms with E-state index in [2.05, 4.69) is 37.6 Å². The molecule has 0 aliphatic carbocycles. The number of aliphatic imine (C=N–C) groups is 2. The first-order valence-corrected chi connectivity index (χ1v) is 7.81. The van der Waals surface area contributed by atoms with E-state index in [9.17, 15) is 0 Å². The van der Waals surface area contributed by atoms with Gasteiger partial charge in [-0.2, -0.15) is 0 Å². The van der Waals surface area contributed by atoms with Crippen LogP contribution in [0.15, 0.2) is 39.6 Å². The Bertz CT molecular complexity index is 543. The van der Waals surface area contributed by atoms with Crippen LogP contribution in [-0.2, 0) is 0 Å². The molecule has 1 aliphatic heterocycles. The van der Waals surface area contributed by atoms with E-state index in [1.54, 1.807) is 0 Å². The molecule has 4 nitrogen and oxygen atoms in total. The van der Waals surface area contributed by atoms with Crippen molar-refractivity contribution in [2.75, 3.05) is 13.1 Å². The first-order valence-electron chi connectivity index (χ1n) is 7.81. The van der Waals surface area contributed by atoms with E-state index in [1.807, 2.05) is 18.3 Å². The fraction of sp³-hybridized carbons (Fsp3) is 0.529. The minimum atomic E-state index is 0.773. The fourth-order valence-electron chi connectivity index (χ4n) is 2.39. The Balaban J connectivity index is 2.33. The second-order valence-electron chi connectivity index (χ2n) is 5.59. The van der Waals surface area contributed by atoms with Gasteiger partial charge < -0.3 is 9.88 Å². The van der Waals surface area contributed by atoms with Gasteiger partial charge >= 0.3 is 0 Å². The van der Waals surface area contributed by atoms with E-state index in [4.69, 9.17) is 9.98 Å². The number of nitrogens with zero attached hydrogens (tertiary/aromatic N) is 3. The number of hydrogen-bond donors (Lipinski definition) is 1. The summed E-state index contributed by atoms with van der Waals surface area (Å²) in [5.74, 6) is 1.83. The van der Waals surface area contributed by atoms with Gasteiger partial charge in [-0.1, -0.05) is 12.5 Å². The van der Waals surface area contributed by atoms with Crippen LogP contribution in [0.4, 0.5) is 0 Å². The van der Waals surface area contributed by atoms with Crippen molar-refractivity contribution < 1.29 is 0 Å². The Hall–Kier alpha value is -1.84. The Labute approximate surface area is 127 Å². The molecule has 1 aromatic heterocycles. The van der Waals surface area contributed by atoms with Crippen molar-refractivity contribution in [3.8, 4) is 0 Å². The van der Waals surface area contributed by atoms with Gasteiger partial charge in [0.1, 0.15) is 5.84 Å². The molecule has 2 heterocycles. The van der Waals surface area contributed by atoms with Crippen molar-refractivity contribution in [3.63, 3.8) is 0 Å². The Morgan fingerprint density at radius 2 is 1.90 bits per heavy atom. The van der Waals surface area contributed by atoms with E-state index >= 15 is 0 Å². The van der Waals surface area contributed by atoms with E-state index in [-0.39, 0.29) is 0 Å². The van der Waals surface area contributed by atoms with E-state index < -0.39 is 0 Å². The monoisotopic (exact) mass is 286 g/mol. The molecule has 0 unspecified atom stereocenters. The van der Waals surface area contributed by atoms with Gasteiger partial charge in [-0.05, 0) is 52.2 Å². The van der Waals surface area contributed by atoms with Crippen LogP contribution in [0.5, 0.6) is 0 Å². The first kappa shape index (κ1) is 15.5. The molecule has 0 bridgehead atoms. The lowest BCUT2D eigenvalue weighted by molar-refractivity contribution is 0.517. The zero-order valence-electron chi connectivity index (χ0n) is 13.6. The summed E-state index contributed by atoms with van der Waals surface area (Å²) in [7, 11) is 0. The summed E-state index contributed by atoms with van der Waals surface area (Å²) in [6.45, 7) is 10.6. The maximum atomic E-state index is 4.78. The lowest BCUT2D eigenvalue weighted by Crippen LogP contribution is -2.26. The van der Waals surface area contributed by atoms with Crippen LogP contribution < -0.4 is 0 Å². The summed E-state index contributed by atoms with van der Waals surface area (Å²) >= 11 is 0. The van der Waals surface area contributed by atoms with Crippen molar-refractivity contribution in [3.05, 3.63) is 35.3 Å². The molecule has 21 heavy (non-hydrogen) atoms. The summed E-state index contributed by atoms with van der Waals surface area (Å²) in [5.41, 5.74) is 3.32. The lowest BCUT2D eigenvalue weighted by atomic mass is 10.2. The molecule has 0 radical (unpaired) electrons. The molecule has 1 fully saturated rings. The third-order valence-corrected chi connectivity index (χ3v) is 4.09. The van der Waals surface area contributed by atoms with Gasteiger partial charge in [0.2, 0.25) is 0 Å². The van der Waals surface area contributed by atoms with Crippen LogP contribution >= 0.6 is 0 Å². The van der Waals surface area contributed by atoms with Crippen molar-refractivity contribution >= 4 is 11.7 Å². The molecule has 0 aromatic carbocycles. The number of H-pyrrole nitrogens is 1. The SMILES string of the molecule is CC/C(C)=C(\C)N=C(N=C(C)N1CCCC1)c1ccc[nH]1. The molecule has 0 spiro atoms. The number of allylic oxidation sites excluding steroid dienone is 2. The highest BCUT2D eigenvalue weighted by atomic mass is 15.2. The topological polar surface area (TPSA) is 43.8 Å². The molecule has 1 saturated heterocycles. The van der Waals surface area contributed by atoms with Crippen LogP contribution in [0.1, 0.15) is 52.7 Å². The van der Waals surface area contributed by atoms with Crippen molar-refractivity contribution in [2.45, 2.75) is 47.0 Å². The summed E-state index contributed by atoms with van der Waals surface area (Å²) < 4.78 is 0. The molecule has 1 N–H and O–H groups in total. The first-order chi connectivity index (χ1) is 10.1. The van der Waals surface area contributed by atoms with Gasteiger partial charge in [0, 0.05) is 25.0 Å². The minimum Gasteiger partial charge on any atom is -0.360 e. The Morgan fingerprint density at radius 3 is 2.48 bits per heavy atom. The van der Waals surface area contributed by atoms with Gasteiger partial charge in [-0.3, -0.25) is 0 Å². The van der Waals surface area contributed by atoms with Crippen molar-refractivity contribution in [1.29, 1.82) is 0 Å². The molecule has 2 rings (SSSR count). The molecule has 1 aromatic rings. The fourth-order valence-corrected chi connectivity index (χ4v) is 2.39. The maximum absolute atomic E-state index is 4.78. The molecule has 4 heteroatoms. The number of nitrogens with one attached hydrogen (secondary N) is 1. The number of aromatic amines is 1. The smallest absolute Gasteiger partial charge is 0.177 e. The number of rotatable bonds is 3. The second kappa shape index (κ2) is 7.25. The highest BCUT2D eigenvalue weighted by Crippen LogP contribution is 2.13. The number of amidine groups is 2. The van der Waals surface area contributed by atoms with Crippen LogP contribution in [0.25, 0.3) is 0 Å². The average Bonchev–Trinajstić information content (AvgIpc) is 3.17. The van der Waals surface area contributed by atoms with Crippen LogP contribution in [-0.4, -0.2) is 34.6 Å². The standard InChI is InChI=1S/C17H26N4/c1-5-13(2)14(3)19-17(16-9-8-10-18-16)20-15(4)21-11-6-7-12-21/h8-10,18H,5-7,11-12H2,1-4H3/b14-13+,19-17?,20-15?. The quantitative estimate of drug-likeness (QED) is 0.663. The van der Waals surface area contributed by atoms with E-state index in [0.717, 1.165) is 42.6 Å². The Morgan fingerprint density at radius 1 is 1.19 bits per heavy atom.